The van der Waals surface area contributed by atoms with Crippen molar-refractivity contribution in [1.82, 2.24) is 0 Å². The van der Waals surface area contributed by atoms with Crippen molar-refractivity contribution in [3.8, 4) is 0 Å². The summed E-state index contributed by atoms with van der Waals surface area (Å²) < 4.78 is 9.84. The first-order valence-corrected chi connectivity index (χ1v) is 19.1. The molecule has 0 aliphatic carbocycles. The summed E-state index contributed by atoms with van der Waals surface area (Å²) in [5, 5.41) is 17.9. The summed E-state index contributed by atoms with van der Waals surface area (Å²) >= 11 is 0. The molecule has 0 aromatic carbocycles. The molecule has 0 radical (unpaired) electrons. The number of aliphatic hydroxyl groups excluding tert-OH is 2. The van der Waals surface area contributed by atoms with E-state index in [2.05, 4.69) is 13.8 Å². The molecule has 2 N–H and O–H groups in total. The van der Waals surface area contributed by atoms with Gasteiger partial charge in [0, 0.05) is 0 Å². The van der Waals surface area contributed by atoms with Crippen LogP contribution in [0.5, 0.6) is 0 Å². The molecule has 0 bridgehead atoms. The molecule has 6 heteroatoms. The molecule has 0 heterocycles. The van der Waals surface area contributed by atoms with E-state index in [-0.39, 0.29) is 0 Å². The number of rotatable bonds is 32. The largest absolute Gasteiger partial charge is 0.464 e. The number of aliphatic hydroxyl groups is 2. The summed E-state index contributed by atoms with van der Waals surface area (Å²) in [5.74, 6) is -1.01. The van der Waals surface area contributed by atoms with Crippen molar-refractivity contribution < 1.29 is 29.3 Å². The van der Waals surface area contributed by atoms with Crippen LogP contribution in [-0.2, 0) is 19.1 Å². The highest BCUT2D eigenvalue weighted by atomic mass is 16.5. The molecular formula is C38H76O6. The molecule has 0 aromatic heterocycles. The first-order chi connectivity index (χ1) is 21.4. The molecule has 0 aliphatic heterocycles. The van der Waals surface area contributed by atoms with Crippen LogP contribution in [0.25, 0.3) is 0 Å². The molecule has 2 unspecified atom stereocenters. The van der Waals surface area contributed by atoms with Crippen LogP contribution in [-0.4, -0.2) is 47.6 Å². The Kier molecular flexibility index (Phi) is 38.9. The van der Waals surface area contributed by atoms with Crippen LogP contribution in [0, 0.1) is 0 Å². The summed E-state index contributed by atoms with van der Waals surface area (Å²) in [6.07, 6.45) is 34.9. The Hall–Kier alpha value is -1.14. The Bertz CT molecular complexity index is 528. The number of ether oxygens (including phenoxy) is 2. The zero-order chi connectivity index (χ0) is 32.9. The number of unbranched alkanes of at least 4 members (excludes halogenated alkanes) is 26. The van der Waals surface area contributed by atoms with Gasteiger partial charge in [0.25, 0.3) is 0 Å². The average molecular weight is 629 g/mol. The van der Waals surface area contributed by atoms with E-state index < -0.39 is 24.1 Å². The highest BCUT2D eigenvalue weighted by Crippen LogP contribution is 2.14. The number of carbonyl (C=O) groups excluding carboxylic acids is 2. The SMILES string of the molecule is CCCCCCCCCCCCCCCCOC(=O)C(C)O.CCCCCCCCCCCCCCCCOC(=O)C(C)O. The minimum absolute atomic E-state index is 0.446. The lowest BCUT2D eigenvalue weighted by Gasteiger charge is -2.06. The van der Waals surface area contributed by atoms with Gasteiger partial charge in [0.1, 0.15) is 12.2 Å². The predicted octanol–water partition coefficient (Wildman–Crippen LogP) is 10.8. The van der Waals surface area contributed by atoms with Crippen LogP contribution >= 0.6 is 0 Å². The highest BCUT2D eigenvalue weighted by molar-refractivity contribution is 5.74. The fourth-order valence-corrected chi connectivity index (χ4v) is 5.18. The van der Waals surface area contributed by atoms with Crippen LogP contribution in [0.2, 0.25) is 0 Å². The molecule has 0 saturated heterocycles. The maximum absolute atomic E-state index is 11.0. The third-order valence-corrected chi connectivity index (χ3v) is 8.17. The van der Waals surface area contributed by atoms with Gasteiger partial charge in [-0.25, -0.2) is 9.59 Å². The average Bonchev–Trinajstić information content (AvgIpc) is 3.01. The van der Waals surface area contributed by atoms with E-state index in [1.54, 1.807) is 0 Å². The highest BCUT2D eigenvalue weighted by Gasteiger charge is 2.09. The number of carbonyl (C=O) groups is 2. The van der Waals surface area contributed by atoms with Crippen LogP contribution in [0.1, 0.15) is 207 Å². The maximum Gasteiger partial charge on any atom is 0.334 e. The number of hydrogen-bond donors (Lipinski definition) is 2. The molecular weight excluding hydrogens is 552 g/mol. The van der Waals surface area contributed by atoms with Gasteiger partial charge >= 0.3 is 11.9 Å². The second-order valence-electron chi connectivity index (χ2n) is 12.9. The molecule has 0 saturated carbocycles. The molecule has 0 aromatic rings. The normalized spacial score (nSPS) is 12.3. The van der Waals surface area contributed by atoms with Crippen molar-refractivity contribution in [2.24, 2.45) is 0 Å². The standard InChI is InChI=1S/2C19H38O3/c2*1-3-4-5-6-7-8-9-10-11-12-13-14-15-16-17-22-19(21)18(2)20/h2*18,20H,3-17H2,1-2H3. The third-order valence-electron chi connectivity index (χ3n) is 8.17. The summed E-state index contributed by atoms with van der Waals surface area (Å²) in [6, 6.07) is 0. The van der Waals surface area contributed by atoms with Crippen molar-refractivity contribution in [3.05, 3.63) is 0 Å². The molecule has 0 fully saturated rings. The lowest BCUT2D eigenvalue weighted by atomic mass is 10.0. The Morgan fingerprint density at radius 2 is 0.568 bits per heavy atom. The van der Waals surface area contributed by atoms with Gasteiger partial charge in [-0.1, -0.05) is 181 Å². The van der Waals surface area contributed by atoms with Crippen molar-refractivity contribution in [2.45, 2.75) is 220 Å². The smallest absolute Gasteiger partial charge is 0.334 e. The van der Waals surface area contributed by atoms with Gasteiger partial charge in [-0.2, -0.15) is 0 Å². The molecule has 0 amide bonds. The van der Waals surface area contributed by atoms with Crippen molar-refractivity contribution >= 4 is 11.9 Å². The Morgan fingerprint density at radius 1 is 0.386 bits per heavy atom. The van der Waals surface area contributed by atoms with Crippen LogP contribution in [0.15, 0.2) is 0 Å². The van der Waals surface area contributed by atoms with Crippen LogP contribution < -0.4 is 0 Å². The summed E-state index contributed by atoms with van der Waals surface area (Å²) in [5.41, 5.74) is 0. The number of esters is 2. The van der Waals surface area contributed by atoms with E-state index in [4.69, 9.17) is 19.7 Å². The van der Waals surface area contributed by atoms with Gasteiger partial charge in [-0.15, -0.1) is 0 Å². The molecule has 44 heavy (non-hydrogen) atoms. The molecule has 0 rings (SSSR count). The summed E-state index contributed by atoms with van der Waals surface area (Å²) in [6.45, 7) is 8.30. The van der Waals surface area contributed by atoms with Crippen molar-refractivity contribution in [1.29, 1.82) is 0 Å². The van der Waals surface area contributed by atoms with Crippen LogP contribution in [0.4, 0.5) is 0 Å². The molecule has 2 atom stereocenters. The molecule has 0 spiro atoms. The van der Waals surface area contributed by atoms with E-state index >= 15 is 0 Å². The van der Waals surface area contributed by atoms with E-state index in [1.165, 1.54) is 168 Å². The van der Waals surface area contributed by atoms with E-state index in [0.29, 0.717) is 13.2 Å². The third kappa shape index (κ3) is 38.9. The van der Waals surface area contributed by atoms with Crippen molar-refractivity contribution in [3.63, 3.8) is 0 Å². The topological polar surface area (TPSA) is 93.1 Å². The lowest BCUT2D eigenvalue weighted by molar-refractivity contribution is -0.153. The van der Waals surface area contributed by atoms with Crippen molar-refractivity contribution in [2.75, 3.05) is 13.2 Å². The van der Waals surface area contributed by atoms with Gasteiger partial charge in [-0.05, 0) is 26.7 Å². The summed E-state index contributed by atoms with van der Waals surface area (Å²) in [4.78, 5) is 22.0. The lowest BCUT2D eigenvalue weighted by Crippen LogP contribution is -2.19. The molecule has 0 aliphatic rings. The fraction of sp³-hybridized carbons (Fsp3) is 0.947. The van der Waals surface area contributed by atoms with E-state index in [9.17, 15) is 9.59 Å². The minimum Gasteiger partial charge on any atom is -0.464 e. The number of hydrogen-bond acceptors (Lipinski definition) is 6. The van der Waals surface area contributed by atoms with Gasteiger partial charge in [0.05, 0.1) is 13.2 Å². The zero-order valence-corrected chi connectivity index (χ0v) is 29.9. The minimum atomic E-state index is -0.994. The quantitative estimate of drug-likeness (QED) is 0.0568. The van der Waals surface area contributed by atoms with Gasteiger partial charge in [0.2, 0.25) is 0 Å². The maximum atomic E-state index is 11.0. The second-order valence-corrected chi connectivity index (χ2v) is 12.9. The molecule has 264 valence electrons. The zero-order valence-electron chi connectivity index (χ0n) is 29.9. The van der Waals surface area contributed by atoms with Gasteiger partial charge < -0.3 is 19.7 Å². The Labute approximate surface area is 273 Å². The van der Waals surface area contributed by atoms with E-state index in [0.717, 1.165) is 25.7 Å². The first-order valence-electron chi connectivity index (χ1n) is 19.1. The van der Waals surface area contributed by atoms with Gasteiger partial charge in [-0.3, -0.25) is 0 Å². The predicted molar refractivity (Wildman–Crippen MR) is 186 cm³/mol. The Balaban J connectivity index is 0. The van der Waals surface area contributed by atoms with Crippen LogP contribution in [0.3, 0.4) is 0 Å². The van der Waals surface area contributed by atoms with Gasteiger partial charge in [0.15, 0.2) is 0 Å². The molecule has 6 nitrogen and oxygen atoms in total. The Morgan fingerprint density at radius 3 is 0.750 bits per heavy atom. The monoisotopic (exact) mass is 629 g/mol. The fourth-order valence-electron chi connectivity index (χ4n) is 5.18. The van der Waals surface area contributed by atoms with E-state index in [1.807, 2.05) is 0 Å². The second kappa shape index (κ2) is 38.0. The first kappa shape index (κ1) is 45.0. The summed E-state index contributed by atoms with van der Waals surface area (Å²) in [7, 11) is 0.